The van der Waals surface area contributed by atoms with Gasteiger partial charge in [0.25, 0.3) is 0 Å². The molecule has 27 heavy (non-hydrogen) atoms. The minimum Gasteiger partial charge on any atom is -0.345 e. The molecule has 0 fully saturated rings. The van der Waals surface area contributed by atoms with Crippen molar-refractivity contribution in [3.05, 3.63) is 0 Å². The molecule has 3 N–H and O–H groups in total. The first-order valence-electron chi connectivity index (χ1n) is 9.84. The van der Waals surface area contributed by atoms with Crippen LogP contribution in [0.4, 0.5) is 0 Å². The average Bonchev–Trinajstić information content (AvgIpc) is 2.56. The maximum atomic E-state index is 12.7. The van der Waals surface area contributed by atoms with Crippen molar-refractivity contribution < 1.29 is 19.2 Å². The Hall–Kier alpha value is -1.92. The van der Waals surface area contributed by atoms with Crippen molar-refractivity contribution in [1.29, 1.82) is 0 Å². The number of amides is 3. The lowest BCUT2D eigenvalue weighted by atomic mass is 9.97. The molecule has 0 aromatic heterocycles. The molecule has 0 aliphatic carbocycles. The van der Waals surface area contributed by atoms with Crippen LogP contribution in [0.25, 0.3) is 0 Å². The van der Waals surface area contributed by atoms with Gasteiger partial charge in [-0.15, -0.1) is 0 Å². The fourth-order valence-corrected chi connectivity index (χ4v) is 2.75. The number of aldehydes is 1. The summed E-state index contributed by atoms with van der Waals surface area (Å²) in [5.41, 5.74) is 0. The van der Waals surface area contributed by atoms with Gasteiger partial charge in [-0.05, 0) is 30.6 Å². The second-order valence-electron chi connectivity index (χ2n) is 8.13. The molecule has 7 heteroatoms. The summed E-state index contributed by atoms with van der Waals surface area (Å²) in [7, 11) is 0. The molecule has 0 aliphatic heterocycles. The van der Waals surface area contributed by atoms with Gasteiger partial charge in [0.2, 0.25) is 17.7 Å². The van der Waals surface area contributed by atoms with E-state index in [1.54, 1.807) is 0 Å². The van der Waals surface area contributed by atoms with Gasteiger partial charge in [0.15, 0.2) is 0 Å². The topological polar surface area (TPSA) is 104 Å². The van der Waals surface area contributed by atoms with E-state index in [9.17, 15) is 19.2 Å². The van der Waals surface area contributed by atoms with Gasteiger partial charge in [-0.25, -0.2) is 0 Å². The van der Waals surface area contributed by atoms with E-state index in [-0.39, 0.29) is 35.5 Å². The molecule has 0 unspecified atom stereocenters. The zero-order chi connectivity index (χ0) is 21.1. The van der Waals surface area contributed by atoms with E-state index in [0.29, 0.717) is 12.8 Å². The molecule has 0 spiro atoms. The van der Waals surface area contributed by atoms with Crippen LogP contribution in [0.1, 0.15) is 67.7 Å². The first-order chi connectivity index (χ1) is 12.5. The summed E-state index contributed by atoms with van der Waals surface area (Å²) in [5.74, 6) is -0.668. The Kier molecular flexibility index (Phi) is 11.6. The molecule has 4 atom stereocenters. The molecule has 0 saturated heterocycles. The van der Waals surface area contributed by atoms with Crippen LogP contribution in [-0.2, 0) is 19.2 Å². The summed E-state index contributed by atoms with van der Waals surface area (Å²) in [6.07, 6.45) is 2.41. The highest BCUT2D eigenvalue weighted by Gasteiger charge is 2.29. The minimum atomic E-state index is -0.757. The SMILES string of the molecule is CC[C@@H](C)[C@@H](C=O)NC(=O)[C@H](CC(C)C)NC(=O)[C@H](CC(C)C)NC(C)=O. The third kappa shape index (κ3) is 10.1. The Morgan fingerprint density at radius 2 is 1.26 bits per heavy atom. The lowest BCUT2D eigenvalue weighted by Crippen LogP contribution is -2.56. The highest BCUT2D eigenvalue weighted by atomic mass is 16.2. The molecule has 0 bridgehead atoms. The van der Waals surface area contributed by atoms with Crippen LogP contribution in [0.15, 0.2) is 0 Å². The van der Waals surface area contributed by atoms with Crippen molar-refractivity contribution in [3.63, 3.8) is 0 Å². The number of rotatable bonds is 12. The lowest BCUT2D eigenvalue weighted by molar-refractivity contribution is -0.133. The number of carbonyl (C=O) groups is 4. The van der Waals surface area contributed by atoms with Crippen molar-refractivity contribution in [3.8, 4) is 0 Å². The maximum Gasteiger partial charge on any atom is 0.243 e. The quantitative estimate of drug-likeness (QED) is 0.447. The Morgan fingerprint density at radius 1 is 0.815 bits per heavy atom. The number of hydrogen-bond acceptors (Lipinski definition) is 4. The maximum absolute atomic E-state index is 12.7. The van der Waals surface area contributed by atoms with Crippen LogP contribution < -0.4 is 16.0 Å². The molecule has 0 saturated carbocycles. The van der Waals surface area contributed by atoms with Crippen molar-refractivity contribution in [1.82, 2.24) is 16.0 Å². The number of nitrogens with one attached hydrogen (secondary N) is 3. The summed E-state index contributed by atoms with van der Waals surface area (Å²) in [6.45, 7) is 13.0. The molecule has 0 radical (unpaired) electrons. The first kappa shape index (κ1) is 25.1. The summed E-state index contributed by atoms with van der Waals surface area (Å²) >= 11 is 0. The van der Waals surface area contributed by atoms with E-state index >= 15 is 0 Å². The van der Waals surface area contributed by atoms with E-state index < -0.39 is 18.1 Å². The second kappa shape index (κ2) is 12.5. The average molecular weight is 384 g/mol. The van der Waals surface area contributed by atoms with Crippen molar-refractivity contribution in [2.75, 3.05) is 0 Å². The fourth-order valence-electron chi connectivity index (χ4n) is 2.75. The predicted octanol–water partition coefficient (Wildman–Crippen LogP) is 1.80. The Morgan fingerprint density at radius 3 is 1.63 bits per heavy atom. The number of hydrogen-bond donors (Lipinski definition) is 3. The Labute approximate surface area is 163 Å². The number of carbonyl (C=O) groups excluding carboxylic acids is 4. The van der Waals surface area contributed by atoms with Gasteiger partial charge in [0.05, 0.1) is 6.04 Å². The van der Waals surface area contributed by atoms with Crippen LogP contribution in [-0.4, -0.2) is 42.1 Å². The molecular weight excluding hydrogens is 346 g/mol. The van der Waals surface area contributed by atoms with E-state index in [4.69, 9.17) is 0 Å². The predicted molar refractivity (Wildman–Crippen MR) is 106 cm³/mol. The fraction of sp³-hybridized carbons (Fsp3) is 0.800. The van der Waals surface area contributed by atoms with Crippen LogP contribution >= 0.6 is 0 Å². The summed E-state index contributed by atoms with van der Waals surface area (Å²) in [4.78, 5) is 48.1. The van der Waals surface area contributed by atoms with Crippen LogP contribution in [0.2, 0.25) is 0 Å². The van der Waals surface area contributed by atoms with Gasteiger partial charge in [0.1, 0.15) is 18.4 Å². The third-order valence-corrected chi connectivity index (χ3v) is 4.45. The first-order valence-corrected chi connectivity index (χ1v) is 9.84. The molecule has 156 valence electrons. The Balaban J connectivity index is 5.25. The summed E-state index contributed by atoms with van der Waals surface area (Å²) in [6, 6.07) is -2.04. The molecular formula is C20H37N3O4. The van der Waals surface area contributed by atoms with E-state index in [1.165, 1.54) is 6.92 Å². The van der Waals surface area contributed by atoms with Gasteiger partial charge in [-0.3, -0.25) is 14.4 Å². The van der Waals surface area contributed by atoms with Gasteiger partial charge < -0.3 is 20.7 Å². The zero-order valence-corrected chi connectivity index (χ0v) is 17.8. The van der Waals surface area contributed by atoms with Gasteiger partial charge in [-0.1, -0.05) is 48.0 Å². The highest BCUT2D eigenvalue weighted by Crippen LogP contribution is 2.11. The summed E-state index contributed by atoms with van der Waals surface area (Å²) < 4.78 is 0. The van der Waals surface area contributed by atoms with E-state index in [0.717, 1.165) is 12.7 Å². The van der Waals surface area contributed by atoms with E-state index in [2.05, 4.69) is 16.0 Å². The molecule has 0 rings (SSSR count). The van der Waals surface area contributed by atoms with Crippen molar-refractivity contribution in [2.45, 2.75) is 85.9 Å². The second-order valence-corrected chi connectivity index (χ2v) is 8.13. The van der Waals surface area contributed by atoms with Gasteiger partial charge in [-0.2, -0.15) is 0 Å². The zero-order valence-electron chi connectivity index (χ0n) is 17.8. The van der Waals surface area contributed by atoms with E-state index in [1.807, 2.05) is 41.5 Å². The highest BCUT2D eigenvalue weighted by molar-refractivity contribution is 5.92. The van der Waals surface area contributed by atoms with Crippen LogP contribution in [0.3, 0.4) is 0 Å². The van der Waals surface area contributed by atoms with Crippen LogP contribution in [0, 0.1) is 17.8 Å². The van der Waals surface area contributed by atoms with Crippen molar-refractivity contribution in [2.24, 2.45) is 17.8 Å². The smallest absolute Gasteiger partial charge is 0.243 e. The van der Waals surface area contributed by atoms with Crippen molar-refractivity contribution >= 4 is 24.0 Å². The molecule has 0 heterocycles. The third-order valence-electron chi connectivity index (χ3n) is 4.45. The minimum absolute atomic E-state index is 0.00919. The summed E-state index contributed by atoms with van der Waals surface area (Å²) in [5, 5.41) is 8.15. The molecule has 7 nitrogen and oxygen atoms in total. The normalized spacial score (nSPS) is 15.6. The molecule has 0 aromatic carbocycles. The molecule has 3 amide bonds. The lowest BCUT2D eigenvalue weighted by Gasteiger charge is -2.27. The van der Waals surface area contributed by atoms with Gasteiger partial charge >= 0.3 is 0 Å². The largest absolute Gasteiger partial charge is 0.345 e. The standard InChI is InChI=1S/C20H37N3O4/c1-8-14(6)18(11-24)23-20(27)17(10-13(4)5)22-19(26)16(9-12(2)3)21-15(7)25/h11-14,16-18H,8-10H2,1-7H3,(H,21,25)(H,22,26)(H,23,27)/t14-,16+,17+,18-/m1/s1. The molecule has 0 aromatic rings. The molecule has 0 aliphatic rings. The van der Waals surface area contributed by atoms with Gasteiger partial charge in [0, 0.05) is 6.92 Å². The monoisotopic (exact) mass is 383 g/mol. The Bertz CT molecular complexity index is 505. The van der Waals surface area contributed by atoms with Crippen LogP contribution in [0.5, 0.6) is 0 Å².